The van der Waals surface area contributed by atoms with Gasteiger partial charge in [0, 0.05) is 10.6 Å². The lowest BCUT2D eigenvalue weighted by Crippen LogP contribution is -2.20. The van der Waals surface area contributed by atoms with E-state index in [4.69, 9.17) is 4.74 Å². The van der Waals surface area contributed by atoms with Crippen molar-refractivity contribution in [3.63, 3.8) is 0 Å². The zero-order valence-corrected chi connectivity index (χ0v) is 14.6. The highest BCUT2D eigenvalue weighted by molar-refractivity contribution is 7.14. The van der Waals surface area contributed by atoms with Gasteiger partial charge in [-0.1, -0.05) is 24.1 Å². The number of esters is 1. The van der Waals surface area contributed by atoms with Crippen molar-refractivity contribution in [1.29, 1.82) is 0 Å². The number of thiophene rings is 1. The maximum absolute atomic E-state index is 12.2. The van der Waals surface area contributed by atoms with Gasteiger partial charge in [-0.05, 0) is 56.4 Å². The minimum atomic E-state index is -0.410. The molecular formula is C19H21NO3S. The van der Waals surface area contributed by atoms with E-state index in [1.807, 2.05) is 37.3 Å². The van der Waals surface area contributed by atoms with Gasteiger partial charge < -0.3 is 10.1 Å². The summed E-state index contributed by atoms with van der Waals surface area (Å²) in [6, 6.07) is 9.42. The monoisotopic (exact) mass is 343 g/mol. The fourth-order valence-electron chi connectivity index (χ4n) is 2.80. The van der Waals surface area contributed by atoms with Crippen LogP contribution in [0.15, 0.2) is 30.3 Å². The Balaban J connectivity index is 1.53. The topological polar surface area (TPSA) is 55.4 Å². The fourth-order valence-corrected chi connectivity index (χ4v) is 3.95. The third-order valence-electron chi connectivity index (χ3n) is 4.12. The smallest absolute Gasteiger partial charge is 0.348 e. The minimum Gasteiger partial charge on any atom is -0.451 e. The Morgan fingerprint density at radius 1 is 1.12 bits per heavy atom. The number of carbonyl (C=O) groups is 2. The standard InChI is InChI=1S/C19H21NO3S/c1-13-7-9-15(10-8-13)20-18(21)12-23-19(22)17-11-14-5-3-2-4-6-16(14)24-17/h7-11H,2-6,12H2,1H3,(H,20,21). The van der Waals surface area contributed by atoms with Crippen LogP contribution >= 0.6 is 11.3 Å². The van der Waals surface area contributed by atoms with Crippen molar-refractivity contribution in [2.24, 2.45) is 0 Å². The molecule has 0 aliphatic heterocycles. The number of hydrogen-bond donors (Lipinski definition) is 1. The van der Waals surface area contributed by atoms with E-state index in [9.17, 15) is 9.59 Å². The first-order valence-electron chi connectivity index (χ1n) is 8.27. The quantitative estimate of drug-likeness (QED) is 0.671. The number of nitrogens with one attached hydrogen (secondary N) is 1. The molecule has 0 saturated carbocycles. The number of rotatable bonds is 4. The average Bonchev–Trinajstić information content (AvgIpc) is 2.86. The largest absolute Gasteiger partial charge is 0.451 e. The SMILES string of the molecule is Cc1ccc(NC(=O)COC(=O)c2cc3c(s2)CCCCC3)cc1. The lowest BCUT2D eigenvalue weighted by molar-refractivity contribution is -0.119. The number of carbonyl (C=O) groups excluding carboxylic acids is 2. The Morgan fingerprint density at radius 3 is 2.67 bits per heavy atom. The molecule has 5 heteroatoms. The van der Waals surface area contributed by atoms with E-state index in [1.165, 1.54) is 41.0 Å². The van der Waals surface area contributed by atoms with Gasteiger partial charge in [-0.15, -0.1) is 11.3 Å². The highest BCUT2D eigenvalue weighted by atomic mass is 32.1. The first-order valence-corrected chi connectivity index (χ1v) is 9.09. The highest BCUT2D eigenvalue weighted by Gasteiger charge is 2.18. The molecule has 2 aromatic rings. The summed E-state index contributed by atoms with van der Waals surface area (Å²) in [5.74, 6) is -0.738. The maximum atomic E-state index is 12.2. The van der Waals surface area contributed by atoms with Gasteiger partial charge in [-0.3, -0.25) is 4.79 Å². The second-order valence-corrected chi connectivity index (χ2v) is 7.25. The van der Waals surface area contributed by atoms with Crippen LogP contribution < -0.4 is 5.32 Å². The number of anilines is 1. The molecule has 1 heterocycles. The molecule has 1 aromatic carbocycles. The molecule has 1 amide bonds. The molecule has 0 bridgehead atoms. The van der Waals surface area contributed by atoms with Gasteiger partial charge in [-0.25, -0.2) is 4.79 Å². The Kier molecular flexibility index (Phi) is 5.30. The summed E-state index contributed by atoms with van der Waals surface area (Å²) in [4.78, 5) is 25.9. The van der Waals surface area contributed by atoms with Gasteiger partial charge in [0.15, 0.2) is 6.61 Å². The van der Waals surface area contributed by atoms with Crippen molar-refractivity contribution >= 4 is 28.9 Å². The molecule has 1 aromatic heterocycles. The summed E-state index contributed by atoms with van der Waals surface area (Å²) in [5, 5.41) is 2.72. The molecule has 1 aliphatic carbocycles. The molecule has 1 N–H and O–H groups in total. The van der Waals surface area contributed by atoms with Gasteiger partial charge in [-0.2, -0.15) is 0 Å². The third kappa shape index (κ3) is 4.23. The van der Waals surface area contributed by atoms with Crippen LogP contribution in [0.3, 0.4) is 0 Å². The van der Waals surface area contributed by atoms with Gasteiger partial charge >= 0.3 is 5.97 Å². The molecule has 0 atom stereocenters. The van der Waals surface area contributed by atoms with Crippen molar-refractivity contribution in [3.05, 3.63) is 51.2 Å². The molecule has 0 saturated heterocycles. The molecule has 0 spiro atoms. The van der Waals surface area contributed by atoms with E-state index in [0.717, 1.165) is 18.4 Å². The highest BCUT2D eigenvalue weighted by Crippen LogP contribution is 2.29. The third-order valence-corrected chi connectivity index (χ3v) is 5.33. The summed E-state index contributed by atoms with van der Waals surface area (Å²) >= 11 is 1.51. The number of fused-ring (bicyclic) bond motifs is 1. The summed E-state index contributed by atoms with van der Waals surface area (Å²) in [6.45, 7) is 1.71. The molecule has 3 rings (SSSR count). The molecular weight excluding hydrogens is 322 g/mol. The molecule has 0 radical (unpaired) electrons. The maximum Gasteiger partial charge on any atom is 0.348 e. The van der Waals surface area contributed by atoms with Crippen LogP contribution in [-0.4, -0.2) is 18.5 Å². The van der Waals surface area contributed by atoms with Gasteiger partial charge in [0.25, 0.3) is 5.91 Å². The van der Waals surface area contributed by atoms with Crippen molar-refractivity contribution in [2.75, 3.05) is 11.9 Å². The van der Waals surface area contributed by atoms with Gasteiger partial charge in [0.05, 0.1) is 0 Å². The number of ether oxygens (including phenoxy) is 1. The number of benzene rings is 1. The van der Waals surface area contributed by atoms with Crippen LogP contribution in [0, 0.1) is 6.92 Å². The van der Waals surface area contributed by atoms with Crippen molar-refractivity contribution in [3.8, 4) is 0 Å². The average molecular weight is 343 g/mol. The zero-order valence-electron chi connectivity index (χ0n) is 13.8. The molecule has 0 unspecified atom stereocenters. The second-order valence-electron chi connectivity index (χ2n) is 6.11. The van der Waals surface area contributed by atoms with Crippen molar-refractivity contribution in [2.45, 2.75) is 39.0 Å². The van der Waals surface area contributed by atoms with Crippen molar-refractivity contribution in [1.82, 2.24) is 0 Å². The summed E-state index contributed by atoms with van der Waals surface area (Å²) in [6.07, 6.45) is 5.69. The number of hydrogen-bond acceptors (Lipinski definition) is 4. The van der Waals surface area contributed by atoms with Crippen LogP contribution in [0.4, 0.5) is 5.69 Å². The van der Waals surface area contributed by atoms with Crippen LogP contribution in [0.1, 0.15) is 44.9 Å². The molecule has 1 aliphatic rings. The Hall–Kier alpha value is -2.14. The Labute approximate surface area is 145 Å². The van der Waals surface area contributed by atoms with Crippen LogP contribution in [-0.2, 0) is 22.4 Å². The van der Waals surface area contributed by atoms with Crippen LogP contribution in [0.2, 0.25) is 0 Å². The van der Waals surface area contributed by atoms with E-state index in [2.05, 4.69) is 5.32 Å². The minimum absolute atomic E-state index is 0.269. The molecule has 126 valence electrons. The Morgan fingerprint density at radius 2 is 1.88 bits per heavy atom. The number of amides is 1. The lowest BCUT2D eigenvalue weighted by Gasteiger charge is -2.06. The van der Waals surface area contributed by atoms with Gasteiger partial charge in [0.1, 0.15) is 4.88 Å². The lowest BCUT2D eigenvalue weighted by atomic mass is 10.1. The van der Waals surface area contributed by atoms with E-state index in [-0.39, 0.29) is 12.5 Å². The van der Waals surface area contributed by atoms with Crippen LogP contribution in [0.25, 0.3) is 0 Å². The Bertz CT molecular complexity index is 710. The molecule has 4 nitrogen and oxygen atoms in total. The molecule has 24 heavy (non-hydrogen) atoms. The van der Waals surface area contributed by atoms with Gasteiger partial charge in [0.2, 0.25) is 0 Å². The van der Waals surface area contributed by atoms with E-state index >= 15 is 0 Å². The molecule has 0 fully saturated rings. The summed E-state index contributed by atoms with van der Waals surface area (Å²) in [5.41, 5.74) is 3.09. The van der Waals surface area contributed by atoms with Crippen LogP contribution in [0.5, 0.6) is 0 Å². The fraction of sp³-hybridized carbons (Fsp3) is 0.368. The second kappa shape index (κ2) is 7.62. The van der Waals surface area contributed by atoms with E-state index in [1.54, 1.807) is 0 Å². The number of aryl methyl sites for hydroxylation is 3. The first kappa shape index (κ1) is 16.7. The zero-order chi connectivity index (χ0) is 16.9. The summed E-state index contributed by atoms with van der Waals surface area (Å²) < 4.78 is 5.15. The predicted molar refractivity (Wildman–Crippen MR) is 95.7 cm³/mol. The normalized spacial score (nSPS) is 13.7. The predicted octanol–water partition coefficient (Wildman–Crippen LogP) is 4.12. The summed E-state index contributed by atoms with van der Waals surface area (Å²) in [7, 11) is 0. The van der Waals surface area contributed by atoms with E-state index < -0.39 is 5.97 Å². The van der Waals surface area contributed by atoms with Crippen molar-refractivity contribution < 1.29 is 14.3 Å². The van der Waals surface area contributed by atoms with E-state index in [0.29, 0.717) is 10.6 Å². The first-order chi connectivity index (χ1) is 11.6.